The molecule has 1 atom stereocenters. The van der Waals surface area contributed by atoms with Crippen LogP contribution >= 0.6 is 11.6 Å². The van der Waals surface area contributed by atoms with Gasteiger partial charge in [-0.25, -0.2) is 12.8 Å². The van der Waals surface area contributed by atoms with Crippen LogP contribution in [0.1, 0.15) is 12.8 Å². The van der Waals surface area contributed by atoms with E-state index >= 15 is 0 Å². The number of halogens is 2. The molecule has 0 fully saturated rings. The number of sulfonamides is 1. The lowest BCUT2D eigenvalue weighted by atomic mass is 10.2. The highest BCUT2D eigenvalue weighted by atomic mass is 35.5. The number of carbonyl (C=O) groups is 2. The van der Waals surface area contributed by atoms with Gasteiger partial charge in [-0.3, -0.25) is 9.59 Å². The maximum Gasteiger partial charge on any atom is 0.321 e. The summed E-state index contributed by atoms with van der Waals surface area (Å²) < 4.78 is 38.8. The summed E-state index contributed by atoms with van der Waals surface area (Å²) in [5.74, 6) is -2.97. The van der Waals surface area contributed by atoms with Crippen LogP contribution < -0.4 is 10.5 Å². The van der Waals surface area contributed by atoms with E-state index in [1.807, 2.05) is 4.72 Å². The second-order valence-corrected chi connectivity index (χ2v) is 6.18. The molecule has 0 unspecified atom stereocenters. The second kappa shape index (κ2) is 6.83. The molecule has 1 rings (SSSR count). The summed E-state index contributed by atoms with van der Waals surface area (Å²) in [6, 6.07) is 1.02. The number of nitrogens with two attached hydrogens (primary N) is 1. The third kappa shape index (κ3) is 4.96. The zero-order chi connectivity index (χ0) is 16.2. The summed E-state index contributed by atoms with van der Waals surface area (Å²) in [6.07, 6.45) is -0.626. The Morgan fingerprint density at radius 3 is 2.52 bits per heavy atom. The molecule has 0 saturated heterocycles. The largest absolute Gasteiger partial charge is 0.480 e. The van der Waals surface area contributed by atoms with E-state index < -0.39 is 38.7 Å². The minimum absolute atomic E-state index is 0.309. The number of benzene rings is 1. The summed E-state index contributed by atoms with van der Waals surface area (Å²) in [4.78, 5) is 21.2. The Labute approximate surface area is 124 Å². The number of hydrogen-bond donors (Lipinski definition) is 3. The van der Waals surface area contributed by atoms with Crippen LogP contribution in [0, 0.1) is 5.82 Å². The van der Waals surface area contributed by atoms with E-state index in [1.54, 1.807) is 0 Å². The summed E-state index contributed by atoms with van der Waals surface area (Å²) >= 11 is 5.62. The molecule has 0 saturated carbocycles. The van der Waals surface area contributed by atoms with Crippen LogP contribution in [0.5, 0.6) is 0 Å². The molecule has 1 aromatic carbocycles. The van der Waals surface area contributed by atoms with Crippen LogP contribution in [0.4, 0.5) is 4.39 Å². The van der Waals surface area contributed by atoms with Gasteiger partial charge in [-0.15, -0.1) is 0 Å². The van der Waals surface area contributed by atoms with Gasteiger partial charge >= 0.3 is 5.97 Å². The molecule has 10 heteroatoms. The van der Waals surface area contributed by atoms with Crippen LogP contribution in [-0.2, 0) is 19.6 Å². The smallest absolute Gasteiger partial charge is 0.321 e. The SMILES string of the molecule is NC(=O)CC[C@@H](NS(=O)(=O)c1ccc(F)cc1Cl)C(=O)O. The molecule has 21 heavy (non-hydrogen) atoms. The van der Waals surface area contributed by atoms with Gasteiger partial charge in [0, 0.05) is 6.42 Å². The minimum Gasteiger partial charge on any atom is -0.480 e. The number of hydrogen-bond acceptors (Lipinski definition) is 4. The quantitative estimate of drug-likeness (QED) is 0.666. The molecule has 0 aliphatic carbocycles. The van der Waals surface area contributed by atoms with Crippen LogP contribution in [-0.4, -0.2) is 31.4 Å². The molecule has 7 nitrogen and oxygen atoms in total. The summed E-state index contributed by atoms with van der Waals surface area (Å²) in [5.41, 5.74) is 4.88. The molecule has 1 aromatic rings. The number of carbonyl (C=O) groups excluding carboxylic acids is 1. The fourth-order valence-corrected chi connectivity index (χ4v) is 3.22. The number of carboxylic acids is 1. The highest BCUT2D eigenvalue weighted by Crippen LogP contribution is 2.22. The minimum atomic E-state index is -4.28. The Hall–Kier alpha value is -1.71. The van der Waals surface area contributed by atoms with Crippen molar-refractivity contribution in [3.63, 3.8) is 0 Å². The van der Waals surface area contributed by atoms with Crippen molar-refractivity contribution in [1.29, 1.82) is 0 Å². The molecule has 0 heterocycles. The highest BCUT2D eigenvalue weighted by Gasteiger charge is 2.27. The first kappa shape index (κ1) is 17.3. The van der Waals surface area contributed by atoms with Crippen molar-refractivity contribution in [2.75, 3.05) is 0 Å². The Morgan fingerprint density at radius 1 is 1.43 bits per heavy atom. The van der Waals surface area contributed by atoms with Gasteiger partial charge in [0.1, 0.15) is 16.8 Å². The number of rotatable bonds is 7. The van der Waals surface area contributed by atoms with Crippen molar-refractivity contribution >= 4 is 33.5 Å². The van der Waals surface area contributed by atoms with Crippen LogP contribution in [0.25, 0.3) is 0 Å². The van der Waals surface area contributed by atoms with Gasteiger partial charge in [-0.1, -0.05) is 11.6 Å². The normalized spacial score (nSPS) is 12.9. The highest BCUT2D eigenvalue weighted by molar-refractivity contribution is 7.89. The standard InChI is InChI=1S/C11H12ClFN2O5S/c12-7-5-6(13)1-3-9(7)21(19,20)15-8(11(17)18)2-4-10(14)16/h1,3,5,8,15H,2,4H2,(H2,14,16)(H,17,18)/t8-/m1/s1. The molecule has 0 aliphatic heterocycles. The fourth-order valence-electron chi connectivity index (χ4n) is 1.46. The summed E-state index contributed by atoms with van der Waals surface area (Å²) in [6.45, 7) is 0. The summed E-state index contributed by atoms with van der Waals surface area (Å²) in [7, 11) is -4.28. The molecule has 0 aromatic heterocycles. The predicted molar refractivity (Wildman–Crippen MR) is 71.6 cm³/mol. The van der Waals surface area contributed by atoms with E-state index in [1.165, 1.54) is 0 Å². The Bertz CT molecular complexity index is 665. The van der Waals surface area contributed by atoms with E-state index in [0.717, 1.165) is 18.2 Å². The first-order valence-corrected chi connectivity index (χ1v) is 7.48. The Kier molecular flexibility index (Phi) is 5.64. The zero-order valence-electron chi connectivity index (χ0n) is 10.5. The van der Waals surface area contributed by atoms with E-state index in [2.05, 4.69) is 0 Å². The van der Waals surface area contributed by atoms with E-state index in [0.29, 0.717) is 0 Å². The maximum atomic E-state index is 12.9. The van der Waals surface area contributed by atoms with Gasteiger partial charge in [0.2, 0.25) is 15.9 Å². The molecule has 0 bridgehead atoms. The molecule has 4 N–H and O–H groups in total. The zero-order valence-corrected chi connectivity index (χ0v) is 12.1. The van der Waals surface area contributed by atoms with Crippen molar-refractivity contribution in [2.45, 2.75) is 23.8 Å². The van der Waals surface area contributed by atoms with Gasteiger partial charge in [-0.05, 0) is 24.6 Å². The van der Waals surface area contributed by atoms with E-state index in [-0.39, 0.29) is 17.9 Å². The van der Waals surface area contributed by atoms with Crippen LogP contribution in [0.2, 0.25) is 5.02 Å². The lowest BCUT2D eigenvalue weighted by Crippen LogP contribution is -2.41. The average Bonchev–Trinajstić information content (AvgIpc) is 2.33. The van der Waals surface area contributed by atoms with E-state index in [9.17, 15) is 22.4 Å². The lowest BCUT2D eigenvalue weighted by molar-refractivity contribution is -0.139. The molecule has 1 amide bonds. The third-order valence-corrected chi connectivity index (χ3v) is 4.41. The monoisotopic (exact) mass is 338 g/mol. The molecule has 0 aliphatic rings. The number of primary amides is 1. The van der Waals surface area contributed by atoms with Crippen molar-refractivity contribution in [2.24, 2.45) is 5.73 Å². The van der Waals surface area contributed by atoms with Crippen molar-refractivity contribution in [3.8, 4) is 0 Å². The topological polar surface area (TPSA) is 127 Å². The van der Waals surface area contributed by atoms with Gasteiger partial charge < -0.3 is 10.8 Å². The molecule has 0 spiro atoms. The van der Waals surface area contributed by atoms with Crippen molar-refractivity contribution in [1.82, 2.24) is 4.72 Å². The first-order chi connectivity index (χ1) is 9.63. The van der Waals surface area contributed by atoms with Gasteiger partial charge in [-0.2, -0.15) is 4.72 Å². The first-order valence-electron chi connectivity index (χ1n) is 5.62. The van der Waals surface area contributed by atoms with Crippen molar-refractivity contribution in [3.05, 3.63) is 29.0 Å². The van der Waals surface area contributed by atoms with Gasteiger partial charge in [0.25, 0.3) is 0 Å². The maximum absolute atomic E-state index is 12.9. The number of aliphatic carboxylic acids is 1. The van der Waals surface area contributed by atoms with Gasteiger partial charge in [0.15, 0.2) is 0 Å². The second-order valence-electron chi connectivity index (χ2n) is 4.09. The molecule has 116 valence electrons. The Morgan fingerprint density at radius 2 is 2.05 bits per heavy atom. The number of carboxylic acid groups (broad SMARTS) is 1. The average molecular weight is 339 g/mol. The van der Waals surface area contributed by atoms with Crippen molar-refractivity contribution < 1.29 is 27.5 Å². The van der Waals surface area contributed by atoms with Crippen LogP contribution in [0.3, 0.4) is 0 Å². The van der Waals surface area contributed by atoms with Gasteiger partial charge in [0.05, 0.1) is 5.02 Å². The summed E-state index contributed by atoms with van der Waals surface area (Å²) in [5, 5.41) is 8.55. The molecular weight excluding hydrogens is 327 g/mol. The predicted octanol–water partition coefficient (Wildman–Crippen LogP) is 0.476. The third-order valence-electron chi connectivity index (χ3n) is 2.46. The lowest BCUT2D eigenvalue weighted by Gasteiger charge is -2.14. The number of amides is 1. The Balaban J connectivity index is 3.00. The fraction of sp³-hybridized carbons (Fsp3) is 0.273. The van der Waals surface area contributed by atoms with E-state index in [4.69, 9.17) is 22.4 Å². The number of nitrogens with one attached hydrogen (secondary N) is 1. The molecular formula is C11H12ClFN2O5S. The molecule has 0 radical (unpaired) electrons. The van der Waals surface area contributed by atoms with Crippen LogP contribution in [0.15, 0.2) is 23.1 Å².